The van der Waals surface area contributed by atoms with Crippen molar-refractivity contribution < 1.29 is 14.3 Å². The maximum Gasteiger partial charge on any atom is 0.276 e. The molecule has 1 atom stereocenters. The van der Waals surface area contributed by atoms with Crippen LogP contribution in [0.25, 0.3) is 0 Å². The van der Waals surface area contributed by atoms with Crippen LogP contribution >= 0.6 is 23.8 Å². The molecule has 0 aromatic heterocycles. The minimum absolute atomic E-state index is 0.0572. The lowest BCUT2D eigenvalue weighted by Gasteiger charge is -2.16. The van der Waals surface area contributed by atoms with Crippen molar-refractivity contribution in [2.24, 2.45) is 0 Å². The second-order valence-corrected chi connectivity index (χ2v) is 6.89. The van der Waals surface area contributed by atoms with Crippen LogP contribution in [0.3, 0.4) is 0 Å². The number of rotatable bonds is 6. The van der Waals surface area contributed by atoms with Crippen molar-refractivity contribution in [2.75, 3.05) is 6.61 Å². The molecule has 8 heteroatoms. The van der Waals surface area contributed by atoms with Gasteiger partial charge in [0.2, 0.25) is 0 Å². The number of thiocarbonyl (C=S) groups is 1. The predicted molar refractivity (Wildman–Crippen MR) is 113 cm³/mol. The van der Waals surface area contributed by atoms with Gasteiger partial charge in [0, 0.05) is 0 Å². The highest BCUT2D eigenvalue weighted by molar-refractivity contribution is 7.80. The van der Waals surface area contributed by atoms with Gasteiger partial charge in [0.25, 0.3) is 11.8 Å². The molecule has 3 N–H and O–H groups in total. The van der Waals surface area contributed by atoms with Crippen molar-refractivity contribution in [1.82, 2.24) is 16.2 Å². The van der Waals surface area contributed by atoms with E-state index < -0.39 is 11.8 Å². The van der Waals surface area contributed by atoms with Crippen molar-refractivity contribution >= 4 is 40.7 Å². The Labute approximate surface area is 174 Å². The van der Waals surface area contributed by atoms with E-state index in [9.17, 15) is 9.59 Å². The quantitative estimate of drug-likeness (QED) is 0.492. The van der Waals surface area contributed by atoms with Crippen LogP contribution in [0, 0.1) is 0 Å². The van der Waals surface area contributed by atoms with Gasteiger partial charge in [-0.3, -0.25) is 25.8 Å². The second kappa shape index (κ2) is 10.6. The number of hydrogen-bond acceptors (Lipinski definition) is 4. The van der Waals surface area contributed by atoms with E-state index in [0.717, 1.165) is 12.0 Å². The Kier molecular flexibility index (Phi) is 8.22. The average molecular weight is 420 g/mol. The van der Waals surface area contributed by atoms with Gasteiger partial charge in [0.15, 0.2) is 11.7 Å². The first-order chi connectivity index (χ1) is 13.4. The first kappa shape index (κ1) is 21.7. The largest absolute Gasteiger partial charge is 0.483 e. The molecule has 6 nitrogen and oxygen atoms in total. The molecule has 0 radical (unpaired) electrons. The van der Waals surface area contributed by atoms with Crippen LogP contribution in [-0.4, -0.2) is 23.5 Å². The lowest BCUT2D eigenvalue weighted by atomic mass is 9.98. The van der Waals surface area contributed by atoms with E-state index in [1.807, 2.05) is 24.3 Å². The van der Waals surface area contributed by atoms with Gasteiger partial charge in [0.05, 0.1) is 10.6 Å². The monoisotopic (exact) mass is 419 g/mol. The summed E-state index contributed by atoms with van der Waals surface area (Å²) in [5, 5.41) is 2.69. The molecule has 2 aromatic carbocycles. The summed E-state index contributed by atoms with van der Waals surface area (Å²) in [6, 6.07) is 14.2. The van der Waals surface area contributed by atoms with Crippen LogP contribution in [0.5, 0.6) is 5.75 Å². The van der Waals surface area contributed by atoms with E-state index in [2.05, 4.69) is 30.0 Å². The minimum Gasteiger partial charge on any atom is -0.483 e. The summed E-state index contributed by atoms with van der Waals surface area (Å²) in [5.74, 6) is 0.0796. The van der Waals surface area contributed by atoms with E-state index in [1.165, 1.54) is 0 Å². The number of benzene rings is 2. The molecule has 0 fully saturated rings. The highest BCUT2D eigenvalue weighted by Crippen LogP contribution is 2.28. The summed E-state index contributed by atoms with van der Waals surface area (Å²) in [6.07, 6.45) is 0.966. The van der Waals surface area contributed by atoms with Crippen molar-refractivity contribution in [3.63, 3.8) is 0 Å². The number of para-hydroxylation sites is 1. The summed E-state index contributed by atoms with van der Waals surface area (Å²) in [5.41, 5.74) is 6.18. The van der Waals surface area contributed by atoms with Crippen LogP contribution in [-0.2, 0) is 4.79 Å². The van der Waals surface area contributed by atoms with Crippen LogP contribution in [0.1, 0.15) is 42.1 Å². The standard InChI is InChI=1S/C20H22ClN3O3S/c1-3-13(2)14-8-5-7-11-17(14)27-12-18(25)23-24-20(28)22-19(26)15-9-4-6-10-16(15)21/h4-11,13H,3,12H2,1-2H3,(H,23,25)(H2,22,24,26,28). The zero-order valence-corrected chi connectivity index (χ0v) is 17.2. The van der Waals surface area contributed by atoms with Crippen molar-refractivity contribution in [3.8, 4) is 5.75 Å². The molecule has 2 aromatic rings. The van der Waals surface area contributed by atoms with Crippen LogP contribution in [0.15, 0.2) is 48.5 Å². The van der Waals surface area contributed by atoms with Crippen LogP contribution in [0.2, 0.25) is 5.02 Å². The van der Waals surface area contributed by atoms with Crippen molar-refractivity contribution in [3.05, 3.63) is 64.7 Å². The molecule has 0 heterocycles. The summed E-state index contributed by atoms with van der Waals surface area (Å²) in [7, 11) is 0. The fourth-order valence-electron chi connectivity index (χ4n) is 2.39. The third-order valence-corrected chi connectivity index (χ3v) is 4.62. The normalized spacial score (nSPS) is 11.2. The summed E-state index contributed by atoms with van der Waals surface area (Å²) < 4.78 is 5.62. The Morgan fingerprint density at radius 2 is 1.79 bits per heavy atom. The van der Waals surface area contributed by atoms with Gasteiger partial charge in [-0.25, -0.2) is 0 Å². The van der Waals surface area contributed by atoms with E-state index in [1.54, 1.807) is 24.3 Å². The minimum atomic E-state index is -0.476. The van der Waals surface area contributed by atoms with Crippen LogP contribution < -0.4 is 20.9 Å². The Morgan fingerprint density at radius 3 is 2.50 bits per heavy atom. The number of nitrogens with one attached hydrogen (secondary N) is 3. The van der Waals surface area contributed by atoms with Crippen LogP contribution in [0.4, 0.5) is 0 Å². The van der Waals surface area contributed by atoms with E-state index in [-0.39, 0.29) is 17.3 Å². The Balaban J connectivity index is 1.81. The van der Waals surface area contributed by atoms with Gasteiger partial charge in [-0.05, 0) is 48.3 Å². The molecule has 0 aliphatic rings. The molecular weight excluding hydrogens is 398 g/mol. The number of hydrogen-bond donors (Lipinski definition) is 3. The molecule has 0 saturated carbocycles. The van der Waals surface area contributed by atoms with E-state index >= 15 is 0 Å². The van der Waals surface area contributed by atoms with Crippen molar-refractivity contribution in [1.29, 1.82) is 0 Å². The molecule has 2 rings (SSSR count). The smallest absolute Gasteiger partial charge is 0.276 e. The maximum absolute atomic E-state index is 12.1. The zero-order chi connectivity index (χ0) is 20.5. The third-order valence-electron chi connectivity index (χ3n) is 4.08. The fraction of sp³-hybridized carbons (Fsp3) is 0.250. The maximum atomic E-state index is 12.1. The van der Waals surface area contributed by atoms with Gasteiger partial charge in [-0.2, -0.15) is 0 Å². The predicted octanol–water partition coefficient (Wildman–Crippen LogP) is 3.57. The molecule has 0 bridgehead atoms. The number of halogens is 1. The first-order valence-electron chi connectivity index (χ1n) is 8.78. The second-order valence-electron chi connectivity index (χ2n) is 6.07. The molecule has 0 spiro atoms. The first-order valence-corrected chi connectivity index (χ1v) is 9.57. The Bertz CT molecular complexity index is 860. The lowest BCUT2D eigenvalue weighted by molar-refractivity contribution is -0.123. The van der Waals surface area contributed by atoms with Crippen molar-refractivity contribution in [2.45, 2.75) is 26.2 Å². The van der Waals surface area contributed by atoms with Gasteiger partial charge in [-0.15, -0.1) is 0 Å². The molecule has 0 saturated heterocycles. The fourth-order valence-corrected chi connectivity index (χ4v) is 2.76. The highest BCUT2D eigenvalue weighted by Gasteiger charge is 2.13. The SMILES string of the molecule is CCC(C)c1ccccc1OCC(=O)NNC(=S)NC(=O)c1ccccc1Cl. The van der Waals surface area contributed by atoms with Gasteiger partial charge in [-0.1, -0.05) is 55.8 Å². The van der Waals surface area contributed by atoms with Gasteiger partial charge < -0.3 is 4.74 Å². The molecule has 1 unspecified atom stereocenters. The topological polar surface area (TPSA) is 79.5 Å². The highest BCUT2D eigenvalue weighted by atomic mass is 35.5. The zero-order valence-electron chi connectivity index (χ0n) is 15.6. The number of carbonyl (C=O) groups is 2. The number of carbonyl (C=O) groups excluding carboxylic acids is 2. The summed E-state index contributed by atoms with van der Waals surface area (Å²) in [6.45, 7) is 4.00. The average Bonchev–Trinajstić information content (AvgIpc) is 2.70. The number of amides is 2. The third kappa shape index (κ3) is 6.21. The van der Waals surface area contributed by atoms with Gasteiger partial charge >= 0.3 is 0 Å². The summed E-state index contributed by atoms with van der Waals surface area (Å²) >= 11 is 11.0. The van der Waals surface area contributed by atoms with E-state index in [0.29, 0.717) is 16.7 Å². The molecule has 148 valence electrons. The Morgan fingerprint density at radius 1 is 1.11 bits per heavy atom. The molecule has 2 amide bonds. The molecule has 0 aliphatic heterocycles. The molecule has 28 heavy (non-hydrogen) atoms. The summed E-state index contributed by atoms with van der Waals surface area (Å²) in [4.78, 5) is 24.1. The Hall–Kier alpha value is -2.64. The molecule has 0 aliphatic carbocycles. The number of ether oxygens (including phenoxy) is 1. The lowest BCUT2D eigenvalue weighted by Crippen LogP contribution is -2.49. The van der Waals surface area contributed by atoms with E-state index in [4.69, 9.17) is 28.6 Å². The molecular formula is C20H22ClN3O3S. The van der Waals surface area contributed by atoms with Gasteiger partial charge in [0.1, 0.15) is 5.75 Å². The number of hydrazine groups is 1.